The molecule has 1 aromatic heterocycles. The minimum atomic E-state index is -3.57. The number of aryl methyl sites for hydroxylation is 1. The predicted molar refractivity (Wildman–Crippen MR) is 121 cm³/mol. The van der Waals surface area contributed by atoms with Crippen LogP contribution in [0.2, 0.25) is 0 Å². The van der Waals surface area contributed by atoms with Crippen LogP contribution in [0, 0.1) is 11.8 Å². The first-order chi connectivity index (χ1) is 14.9. The molecule has 1 aliphatic carbocycles. The van der Waals surface area contributed by atoms with E-state index in [1.165, 1.54) is 9.18 Å². The number of sulfonamides is 1. The first-order valence-corrected chi connectivity index (χ1v) is 13.1. The Bertz CT molecular complexity index is 1030. The first-order valence-electron chi connectivity index (χ1n) is 10.9. The van der Waals surface area contributed by atoms with Crippen molar-refractivity contribution in [2.24, 2.45) is 11.8 Å². The Morgan fingerprint density at radius 2 is 1.94 bits per heavy atom. The van der Waals surface area contributed by atoms with Crippen molar-refractivity contribution in [1.82, 2.24) is 9.29 Å². The molecule has 31 heavy (non-hydrogen) atoms. The Morgan fingerprint density at radius 3 is 2.61 bits per heavy atom. The molecule has 0 spiro atoms. The topological polar surface area (TPSA) is 88.6 Å². The van der Waals surface area contributed by atoms with Gasteiger partial charge < -0.3 is 10.1 Å². The van der Waals surface area contributed by atoms with Gasteiger partial charge in [0.15, 0.2) is 5.13 Å². The van der Waals surface area contributed by atoms with Crippen LogP contribution in [-0.4, -0.2) is 43.3 Å². The average Bonchev–Trinajstić information content (AvgIpc) is 3.15. The van der Waals surface area contributed by atoms with Crippen LogP contribution in [0.1, 0.15) is 43.7 Å². The number of amides is 1. The van der Waals surface area contributed by atoms with Crippen molar-refractivity contribution in [3.8, 4) is 5.75 Å². The normalized spacial score (nSPS) is 20.3. The van der Waals surface area contributed by atoms with Crippen LogP contribution in [0.25, 0.3) is 0 Å². The lowest BCUT2D eigenvalue weighted by Gasteiger charge is -2.30. The highest BCUT2D eigenvalue weighted by atomic mass is 32.2. The molecule has 0 saturated carbocycles. The van der Waals surface area contributed by atoms with Gasteiger partial charge in [-0.2, -0.15) is 4.31 Å². The van der Waals surface area contributed by atoms with E-state index in [0.29, 0.717) is 49.3 Å². The maximum atomic E-state index is 12.9. The van der Waals surface area contributed by atoms with Crippen molar-refractivity contribution in [2.45, 2.75) is 50.8 Å². The Morgan fingerprint density at radius 1 is 1.23 bits per heavy atom. The number of carbonyl (C=O) groups excluding carboxylic acids is 1. The molecule has 1 amide bonds. The molecular formula is C22H29N3O4S2. The minimum absolute atomic E-state index is 0.0581. The van der Waals surface area contributed by atoms with E-state index >= 15 is 0 Å². The first kappa shape index (κ1) is 22.2. The SMILES string of the molecule is CCOc1ccc(S(=O)(=O)N2CCC(C(=O)Nc3nc4c(s3)CC(C)CC4)CC2)cc1. The van der Waals surface area contributed by atoms with Crippen LogP contribution in [-0.2, 0) is 27.7 Å². The lowest BCUT2D eigenvalue weighted by Crippen LogP contribution is -2.41. The Kier molecular flexibility index (Phi) is 6.64. The van der Waals surface area contributed by atoms with Gasteiger partial charge in [-0.25, -0.2) is 13.4 Å². The van der Waals surface area contributed by atoms with Crippen molar-refractivity contribution in [2.75, 3.05) is 25.0 Å². The number of thiazole rings is 1. The summed E-state index contributed by atoms with van der Waals surface area (Å²) in [6, 6.07) is 6.49. The molecule has 168 valence electrons. The van der Waals surface area contributed by atoms with E-state index in [1.807, 2.05) is 6.92 Å². The van der Waals surface area contributed by atoms with Gasteiger partial charge in [0, 0.05) is 23.9 Å². The summed E-state index contributed by atoms with van der Waals surface area (Å²) in [6.07, 6.45) is 4.16. The lowest BCUT2D eigenvalue weighted by atomic mass is 9.93. The fourth-order valence-corrected chi connectivity index (χ4v) is 6.83. The van der Waals surface area contributed by atoms with Crippen LogP contribution in [0.4, 0.5) is 5.13 Å². The summed E-state index contributed by atoms with van der Waals surface area (Å²) in [4.78, 5) is 18.9. The number of rotatable bonds is 6. The second-order valence-electron chi connectivity index (χ2n) is 8.31. The van der Waals surface area contributed by atoms with E-state index in [1.54, 1.807) is 35.6 Å². The van der Waals surface area contributed by atoms with E-state index in [2.05, 4.69) is 17.2 Å². The highest BCUT2D eigenvalue weighted by Gasteiger charge is 2.32. The lowest BCUT2D eigenvalue weighted by molar-refractivity contribution is -0.120. The molecule has 2 aliphatic rings. The van der Waals surface area contributed by atoms with E-state index in [-0.39, 0.29) is 16.7 Å². The van der Waals surface area contributed by atoms with Crippen LogP contribution in [0.15, 0.2) is 29.2 Å². The number of nitrogens with zero attached hydrogens (tertiary/aromatic N) is 2. The molecular weight excluding hydrogens is 434 g/mol. The number of nitrogens with one attached hydrogen (secondary N) is 1. The van der Waals surface area contributed by atoms with E-state index in [4.69, 9.17) is 4.74 Å². The highest BCUT2D eigenvalue weighted by molar-refractivity contribution is 7.89. The van der Waals surface area contributed by atoms with Gasteiger partial charge >= 0.3 is 0 Å². The third kappa shape index (κ3) is 4.94. The molecule has 2 heterocycles. The standard InChI is InChI=1S/C22H29N3O4S2/c1-3-29-17-5-7-18(8-6-17)31(27,28)25-12-10-16(11-13-25)21(26)24-22-23-19-9-4-15(2)14-20(19)30-22/h5-8,15-16H,3-4,9-14H2,1-2H3,(H,23,24,26). The maximum Gasteiger partial charge on any atom is 0.243 e. The summed E-state index contributed by atoms with van der Waals surface area (Å²) >= 11 is 1.58. The van der Waals surface area contributed by atoms with Gasteiger partial charge in [0.2, 0.25) is 15.9 Å². The van der Waals surface area contributed by atoms with E-state index in [0.717, 1.165) is 25.0 Å². The molecule has 9 heteroatoms. The molecule has 1 unspecified atom stereocenters. The third-order valence-corrected chi connectivity index (χ3v) is 8.96. The van der Waals surface area contributed by atoms with Gasteiger partial charge in [0.05, 0.1) is 17.2 Å². The quantitative estimate of drug-likeness (QED) is 0.706. The molecule has 2 aromatic rings. The van der Waals surface area contributed by atoms with E-state index in [9.17, 15) is 13.2 Å². The summed E-state index contributed by atoms with van der Waals surface area (Å²) < 4.78 is 32.7. The zero-order valence-electron chi connectivity index (χ0n) is 18.0. The van der Waals surface area contributed by atoms with Gasteiger partial charge in [-0.05, 0) is 69.2 Å². The molecule has 1 fully saturated rings. The summed E-state index contributed by atoms with van der Waals surface area (Å²) in [7, 11) is -3.57. The number of fused-ring (bicyclic) bond motifs is 1. The van der Waals surface area contributed by atoms with Crippen molar-refractivity contribution in [3.05, 3.63) is 34.8 Å². The number of hydrogen-bond acceptors (Lipinski definition) is 6. The van der Waals surface area contributed by atoms with Gasteiger partial charge in [0.25, 0.3) is 0 Å². The van der Waals surface area contributed by atoms with Gasteiger partial charge in [0.1, 0.15) is 5.75 Å². The summed E-state index contributed by atoms with van der Waals surface area (Å²) in [6.45, 7) is 5.33. The number of aromatic nitrogens is 1. The smallest absolute Gasteiger partial charge is 0.243 e. The van der Waals surface area contributed by atoms with E-state index < -0.39 is 10.0 Å². The molecule has 4 rings (SSSR count). The number of hydrogen-bond donors (Lipinski definition) is 1. The second-order valence-corrected chi connectivity index (χ2v) is 11.3. The fourth-order valence-electron chi connectivity index (χ4n) is 4.18. The Labute approximate surface area is 187 Å². The van der Waals surface area contributed by atoms with Crippen LogP contribution in [0.5, 0.6) is 5.75 Å². The van der Waals surface area contributed by atoms with Crippen molar-refractivity contribution < 1.29 is 17.9 Å². The molecule has 1 N–H and O–H groups in total. The minimum Gasteiger partial charge on any atom is -0.494 e. The van der Waals surface area contributed by atoms with Gasteiger partial charge in [-0.15, -0.1) is 11.3 Å². The second kappa shape index (κ2) is 9.26. The Balaban J connectivity index is 1.34. The molecule has 0 radical (unpaired) electrons. The summed E-state index contributed by atoms with van der Waals surface area (Å²) in [5, 5.41) is 3.65. The summed E-state index contributed by atoms with van der Waals surface area (Å²) in [5.41, 5.74) is 1.12. The number of benzene rings is 1. The van der Waals surface area contributed by atoms with Gasteiger partial charge in [-0.1, -0.05) is 6.92 Å². The maximum absolute atomic E-state index is 12.9. The van der Waals surface area contributed by atoms with Crippen LogP contribution < -0.4 is 10.1 Å². The largest absolute Gasteiger partial charge is 0.494 e. The predicted octanol–water partition coefficient (Wildman–Crippen LogP) is 3.71. The Hall–Kier alpha value is -1.97. The molecule has 1 aromatic carbocycles. The van der Waals surface area contributed by atoms with Gasteiger partial charge in [-0.3, -0.25) is 4.79 Å². The van der Waals surface area contributed by atoms with Crippen LogP contribution >= 0.6 is 11.3 Å². The summed E-state index contributed by atoms with van der Waals surface area (Å²) in [5.74, 6) is 1.05. The fraction of sp³-hybridized carbons (Fsp3) is 0.545. The molecule has 0 bridgehead atoms. The molecule has 1 aliphatic heterocycles. The third-order valence-electron chi connectivity index (χ3n) is 6.01. The monoisotopic (exact) mass is 463 g/mol. The zero-order valence-corrected chi connectivity index (χ0v) is 19.6. The zero-order chi connectivity index (χ0) is 22.0. The van der Waals surface area contributed by atoms with Crippen LogP contribution in [0.3, 0.4) is 0 Å². The van der Waals surface area contributed by atoms with Crippen molar-refractivity contribution in [3.63, 3.8) is 0 Å². The number of piperidine rings is 1. The number of ether oxygens (including phenoxy) is 1. The highest BCUT2D eigenvalue weighted by Crippen LogP contribution is 2.33. The number of carbonyl (C=O) groups is 1. The molecule has 1 saturated heterocycles. The van der Waals surface area contributed by atoms with Crippen molar-refractivity contribution >= 4 is 32.4 Å². The molecule has 7 nitrogen and oxygen atoms in total. The van der Waals surface area contributed by atoms with Crippen molar-refractivity contribution in [1.29, 1.82) is 0 Å². The average molecular weight is 464 g/mol. The molecule has 1 atom stereocenters. The number of anilines is 1.